The molecule has 2 aliphatic rings. The molecule has 0 atom stereocenters. The molecule has 11 heteroatoms. The van der Waals surface area contributed by atoms with E-state index in [2.05, 4.69) is 59.7 Å². The Morgan fingerprint density at radius 3 is 2.72 bits per heavy atom. The van der Waals surface area contributed by atoms with E-state index in [0.29, 0.717) is 34.8 Å². The fourth-order valence-corrected chi connectivity index (χ4v) is 5.39. The monoisotopic (exact) mass is 544 g/mol. The number of anilines is 3. The van der Waals surface area contributed by atoms with Gasteiger partial charge in [0.2, 0.25) is 5.95 Å². The summed E-state index contributed by atoms with van der Waals surface area (Å²) in [6, 6.07) is 14.0. The van der Waals surface area contributed by atoms with Gasteiger partial charge in [0.25, 0.3) is 11.1 Å². The molecule has 0 bridgehead atoms. The van der Waals surface area contributed by atoms with Crippen LogP contribution in [0, 0.1) is 5.92 Å². The Bertz CT molecular complexity index is 1400. The highest BCUT2D eigenvalue weighted by atomic mass is 32.2. The van der Waals surface area contributed by atoms with Crippen molar-refractivity contribution in [1.29, 1.82) is 0 Å². The molecule has 0 aliphatic carbocycles. The van der Waals surface area contributed by atoms with Crippen molar-refractivity contribution in [2.24, 2.45) is 5.92 Å². The molecule has 39 heavy (non-hydrogen) atoms. The van der Waals surface area contributed by atoms with Crippen molar-refractivity contribution in [3.05, 3.63) is 64.8 Å². The van der Waals surface area contributed by atoms with Crippen molar-refractivity contribution in [3.8, 4) is 11.3 Å². The fourth-order valence-electron chi connectivity index (χ4n) is 4.73. The summed E-state index contributed by atoms with van der Waals surface area (Å²) in [5, 5.41) is 5.53. The average molecular weight is 545 g/mol. The van der Waals surface area contributed by atoms with Gasteiger partial charge in [0.05, 0.1) is 16.3 Å². The Hall–Kier alpha value is -3.96. The van der Waals surface area contributed by atoms with Crippen LogP contribution < -0.4 is 26.2 Å². The number of nitrogens with one attached hydrogen (secondary N) is 2. The molecule has 2 aliphatic heterocycles. The summed E-state index contributed by atoms with van der Waals surface area (Å²) in [7, 11) is 4.05. The van der Waals surface area contributed by atoms with E-state index in [1.807, 2.05) is 26.2 Å². The molecule has 4 N–H and O–H groups in total. The highest BCUT2D eigenvalue weighted by Crippen LogP contribution is 2.28. The maximum absolute atomic E-state index is 11.8. The minimum Gasteiger partial charge on any atom is -0.384 e. The number of hydrogen-bond donors (Lipinski definition) is 3. The molecule has 10 nitrogen and oxygen atoms in total. The summed E-state index contributed by atoms with van der Waals surface area (Å²) in [6.45, 7) is 3.32. The molecule has 5 rings (SSSR count). The van der Waals surface area contributed by atoms with Crippen molar-refractivity contribution in [2.45, 2.75) is 19.4 Å². The zero-order valence-electron chi connectivity index (χ0n) is 22.1. The van der Waals surface area contributed by atoms with Gasteiger partial charge in [-0.3, -0.25) is 14.9 Å². The average Bonchev–Trinajstić information content (AvgIpc) is 3.26. The van der Waals surface area contributed by atoms with E-state index in [4.69, 9.17) is 5.73 Å². The first-order chi connectivity index (χ1) is 18.9. The van der Waals surface area contributed by atoms with Gasteiger partial charge in [-0.2, -0.15) is 0 Å². The quantitative estimate of drug-likeness (QED) is 0.362. The van der Waals surface area contributed by atoms with Gasteiger partial charge in [0, 0.05) is 51.2 Å². The number of nitrogens with two attached hydrogens (primary N) is 1. The van der Waals surface area contributed by atoms with Crippen molar-refractivity contribution in [2.75, 3.05) is 49.3 Å². The van der Waals surface area contributed by atoms with E-state index in [1.165, 1.54) is 0 Å². The molecule has 202 valence electrons. The first-order valence-corrected chi connectivity index (χ1v) is 13.7. The summed E-state index contributed by atoms with van der Waals surface area (Å²) < 4.78 is 0. The Labute approximate surface area is 232 Å². The lowest BCUT2D eigenvalue weighted by Crippen LogP contribution is -2.38. The van der Waals surface area contributed by atoms with Crippen molar-refractivity contribution < 1.29 is 9.59 Å². The SMILES string of the molecule is CN(C)c1cccc(-c2nc(N)ccc2CNCC2CCN(c3nccc(/C=C4\SC(=O)NC4=O)n3)CC2)c1. The number of benzene rings is 1. The highest BCUT2D eigenvalue weighted by molar-refractivity contribution is 8.18. The van der Waals surface area contributed by atoms with E-state index in [9.17, 15) is 9.59 Å². The summed E-state index contributed by atoms with van der Waals surface area (Å²) >= 11 is 0.886. The van der Waals surface area contributed by atoms with Crippen molar-refractivity contribution >= 4 is 46.4 Å². The van der Waals surface area contributed by atoms with Gasteiger partial charge in [0.1, 0.15) is 5.82 Å². The number of nitrogen functional groups attached to an aromatic ring is 1. The van der Waals surface area contributed by atoms with E-state index < -0.39 is 0 Å². The van der Waals surface area contributed by atoms with E-state index in [0.717, 1.165) is 66.7 Å². The normalized spacial score (nSPS) is 17.1. The molecule has 2 amide bonds. The van der Waals surface area contributed by atoms with Gasteiger partial charge in [-0.25, -0.2) is 15.0 Å². The number of carbonyl (C=O) groups is 2. The van der Waals surface area contributed by atoms with Crippen LogP contribution in [0.15, 0.2) is 53.6 Å². The second-order valence-corrected chi connectivity index (χ2v) is 10.9. The maximum Gasteiger partial charge on any atom is 0.290 e. The van der Waals surface area contributed by atoms with Gasteiger partial charge >= 0.3 is 0 Å². The minimum atomic E-state index is -0.387. The highest BCUT2D eigenvalue weighted by Gasteiger charge is 2.26. The number of thioether (sulfide) groups is 1. The van der Waals surface area contributed by atoms with Crippen LogP contribution in [0.5, 0.6) is 0 Å². The van der Waals surface area contributed by atoms with E-state index >= 15 is 0 Å². The number of nitrogens with zero attached hydrogens (tertiary/aromatic N) is 5. The second kappa shape index (κ2) is 11.8. The molecule has 0 saturated carbocycles. The van der Waals surface area contributed by atoms with Gasteiger partial charge in [-0.15, -0.1) is 0 Å². The molecule has 2 saturated heterocycles. The number of aromatic nitrogens is 3. The third kappa shape index (κ3) is 6.55. The van der Waals surface area contributed by atoms with Crippen molar-refractivity contribution in [1.82, 2.24) is 25.6 Å². The summed E-state index contributed by atoms with van der Waals surface area (Å²) in [6.07, 6.45) is 5.36. The predicted octanol–water partition coefficient (Wildman–Crippen LogP) is 3.52. The fraction of sp³-hybridized carbons (Fsp3) is 0.321. The summed E-state index contributed by atoms with van der Waals surface area (Å²) in [5.74, 6) is 1.31. The molecule has 2 aromatic heterocycles. The molecular weight excluding hydrogens is 512 g/mol. The van der Waals surface area contributed by atoms with Crippen LogP contribution in [0.2, 0.25) is 0 Å². The summed E-state index contributed by atoms with van der Waals surface area (Å²) in [5.41, 5.74) is 10.8. The van der Waals surface area contributed by atoms with E-state index in [-0.39, 0.29) is 11.1 Å². The number of piperidine rings is 1. The summed E-state index contributed by atoms with van der Waals surface area (Å²) in [4.78, 5) is 41.6. The Morgan fingerprint density at radius 2 is 1.97 bits per heavy atom. The standard InChI is InChI=1S/C28H32N8O2S/c1-35(2)22-5-3-4-19(14-22)25-20(6-7-24(29)33-25)17-30-16-18-9-12-36(13-10-18)27-31-11-8-21(32-27)15-23-26(37)34-28(38)39-23/h3-8,11,14-15,18,30H,9-10,12-13,16-17H2,1-2H3,(H2,29,33)(H,34,37,38)/b23-15-. The number of rotatable bonds is 8. The van der Waals surface area contributed by atoms with Crippen LogP contribution in [0.4, 0.5) is 22.2 Å². The number of amides is 2. The van der Waals surface area contributed by atoms with Crippen LogP contribution in [-0.2, 0) is 11.3 Å². The molecule has 3 aromatic rings. The Kier molecular flexibility index (Phi) is 8.08. The van der Waals surface area contributed by atoms with Gasteiger partial charge in [-0.1, -0.05) is 18.2 Å². The first kappa shape index (κ1) is 26.6. The third-order valence-corrected chi connectivity index (χ3v) is 7.68. The van der Waals surface area contributed by atoms with E-state index in [1.54, 1.807) is 18.3 Å². The molecule has 0 unspecified atom stereocenters. The Morgan fingerprint density at radius 1 is 1.15 bits per heavy atom. The third-order valence-electron chi connectivity index (χ3n) is 6.87. The topological polar surface area (TPSA) is 129 Å². The zero-order chi connectivity index (χ0) is 27.4. The van der Waals surface area contributed by atoms with Crippen LogP contribution in [0.3, 0.4) is 0 Å². The molecule has 1 aromatic carbocycles. The number of imide groups is 1. The molecule has 0 spiro atoms. The van der Waals surface area contributed by atoms with Crippen LogP contribution >= 0.6 is 11.8 Å². The minimum absolute atomic E-state index is 0.347. The van der Waals surface area contributed by atoms with Crippen LogP contribution in [0.25, 0.3) is 17.3 Å². The van der Waals surface area contributed by atoms with Crippen LogP contribution in [0.1, 0.15) is 24.1 Å². The lowest BCUT2D eigenvalue weighted by molar-refractivity contribution is -0.115. The maximum atomic E-state index is 11.8. The van der Waals surface area contributed by atoms with Crippen molar-refractivity contribution in [3.63, 3.8) is 0 Å². The zero-order valence-corrected chi connectivity index (χ0v) is 22.9. The molecule has 0 radical (unpaired) electrons. The number of carbonyl (C=O) groups excluding carboxylic acids is 2. The van der Waals surface area contributed by atoms with Gasteiger partial charge in [-0.05, 0) is 73.0 Å². The Balaban J connectivity index is 1.16. The lowest BCUT2D eigenvalue weighted by Gasteiger charge is -2.32. The largest absolute Gasteiger partial charge is 0.384 e. The smallest absolute Gasteiger partial charge is 0.290 e. The predicted molar refractivity (Wildman–Crippen MR) is 156 cm³/mol. The molecular formula is C28H32N8O2S. The van der Waals surface area contributed by atoms with Crippen LogP contribution in [-0.4, -0.2) is 59.8 Å². The molecule has 4 heterocycles. The first-order valence-electron chi connectivity index (χ1n) is 12.9. The number of hydrogen-bond acceptors (Lipinski definition) is 10. The van der Waals surface area contributed by atoms with Gasteiger partial charge < -0.3 is 20.9 Å². The lowest BCUT2D eigenvalue weighted by atomic mass is 9.96. The van der Waals surface area contributed by atoms with Gasteiger partial charge in [0.15, 0.2) is 0 Å². The number of pyridine rings is 1. The molecule has 2 fully saturated rings. The second-order valence-electron chi connectivity index (χ2n) is 9.88.